The molecule has 1 aliphatic heterocycles. The molecule has 0 fully saturated rings. The molecule has 0 saturated heterocycles. The molecule has 1 heterocycles. The summed E-state index contributed by atoms with van der Waals surface area (Å²) in [6, 6.07) is 16.2. The van der Waals surface area contributed by atoms with Crippen LogP contribution in [0.2, 0.25) is 0 Å². The lowest BCUT2D eigenvalue weighted by Crippen LogP contribution is -2.42. The molecular formula is C23H27N3O2. The maximum atomic E-state index is 12.4. The van der Waals surface area contributed by atoms with Gasteiger partial charge >= 0.3 is 0 Å². The molecule has 0 aromatic heterocycles. The summed E-state index contributed by atoms with van der Waals surface area (Å²) in [6.45, 7) is 2.66. The fourth-order valence-electron chi connectivity index (χ4n) is 3.42. The fraction of sp³-hybridized carbons (Fsp3) is 0.348. The van der Waals surface area contributed by atoms with Gasteiger partial charge in [0.05, 0.1) is 5.36 Å². The molecule has 0 bridgehead atoms. The molecule has 2 aromatic rings. The zero-order chi connectivity index (χ0) is 20.1. The van der Waals surface area contributed by atoms with Gasteiger partial charge in [-0.05, 0) is 49.7 Å². The van der Waals surface area contributed by atoms with Crippen molar-refractivity contribution in [3.8, 4) is 0 Å². The largest absolute Gasteiger partial charge is 0.355 e. The number of nitrogens with one attached hydrogen (secondary N) is 1. The van der Waals surface area contributed by atoms with Crippen LogP contribution in [0.1, 0.15) is 30.4 Å². The Bertz CT molecular complexity index is 967. The van der Waals surface area contributed by atoms with Crippen molar-refractivity contribution in [2.75, 3.05) is 20.6 Å². The van der Waals surface area contributed by atoms with E-state index in [4.69, 9.17) is 0 Å². The molecule has 0 radical (unpaired) electrons. The third-order valence-electron chi connectivity index (χ3n) is 5.20. The van der Waals surface area contributed by atoms with Crippen LogP contribution in [0.15, 0.2) is 53.5 Å². The Morgan fingerprint density at radius 2 is 1.89 bits per heavy atom. The van der Waals surface area contributed by atoms with E-state index in [2.05, 4.69) is 34.3 Å². The molecular weight excluding hydrogens is 350 g/mol. The second-order valence-corrected chi connectivity index (χ2v) is 7.63. The maximum Gasteiger partial charge on any atom is 0.270 e. The number of likely N-dealkylation sites (N-methyl/N-ethyl adjacent to an activating group) is 1. The van der Waals surface area contributed by atoms with Crippen molar-refractivity contribution in [2.45, 2.75) is 31.7 Å². The van der Waals surface area contributed by atoms with Crippen LogP contribution in [0, 0.1) is 0 Å². The summed E-state index contributed by atoms with van der Waals surface area (Å²) in [4.78, 5) is 29.9. The average molecular weight is 377 g/mol. The fourth-order valence-corrected chi connectivity index (χ4v) is 3.42. The van der Waals surface area contributed by atoms with E-state index in [1.165, 1.54) is 5.56 Å². The van der Waals surface area contributed by atoms with Crippen LogP contribution in [0.4, 0.5) is 0 Å². The van der Waals surface area contributed by atoms with Gasteiger partial charge in [0.2, 0.25) is 5.91 Å². The topological polar surface area (TPSA) is 61.8 Å². The molecule has 2 atom stereocenters. The van der Waals surface area contributed by atoms with E-state index >= 15 is 0 Å². The molecule has 2 amide bonds. The second kappa shape index (κ2) is 8.93. The van der Waals surface area contributed by atoms with Crippen molar-refractivity contribution >= 4 is 17.9 Å². The smallest absolute Gasteiger partial charge is 0.270 e. The summed E-state index contributed by atoms with van der Waals surface area (Å²) >= 11 is 0. The van der Waals surface area contributed by atoms with Gasteiger partial charge in [-0.25, -0.2) is 4.99 Å². The number of amides is 2. The van der Waals surface area contributed by atoms with E-state index < -0.39 is 0 Å². The Labute approximate surface area is 165 Å². The number of benzene rings is 2. The first kappa shape index (κ1) is 20.0. The van der Waals surface area contributed by atoms with Crippen molar-refractivity contribution in [1.82, 2.24) is 10.2 Å². The molecule has 5 heteroatoms. The van der Waals surface area contributed by atoms with E-state index in [1.54, 1.807) is 6.08 Å². The van der Waals surface area contributed by atoms with Crippen LogP contribution in [-0.4, -0.2) is 43.4 Å². The average Bonchev–Trinajstić information content (AvgIpc) is 3.04. The molecule has 0 unspecified atom stereocenters. The van der Waals surface area contributed by atoms with Gasteiger partial charge in [0.25, 0.3) is 5.91 Å². The summed E-state index contributed by atoms with van der Waals surface area (Å²) in [5, 5.41) is 4.69. The van der Waals surface area contributed by atoms with Crippen molar-refractivity contribution < 1.29 is 9.59 Å². The van der Waals surface area contributed by atoms with Gasteiger partial charge in [0, 0.05) is 30.3 Å². The molecule has 28 heavy (non-hydrogen) atoms. The van der Waals surface area contributed by atoms with Crippen molar-refractivity contribution in [3.63, 3.8) is 0 Å². The van der Waals surface area contributed by atoms with Crippen LogP contribution in [-0.2, 0) is 16.0 Å². The number of carbonyl (C=O) groups is 2. The minimum atomic E-state index is -0.198. The first-order valence-corrected chi connectivity index (χ1v) is 9.64. The minimum absolute atomic E-state index is 0.0647. The number of hydrogen-bond donors (Lipinski definition) is 1. The van der Waals surface area contributed by atoms with Crippen LogP contribution in [0.5, 0.6) is 0 Å². The highest BCUT2D eigenvalue weighted by molar-refractivity contribution is 6.06. The zero-order valence-corrected chi connectivity index (χ0v) is 16.7. The highest BCUT2D eigenvalue weighted by Gasteiger charge is 2.16. The Morgan fingerprint density at radius 1 is 1.14 bits per heavy atom. The molecule has 5 nitrogen and oxygen atoms in total. The minimum Gasteiger partial charge on any atom is -0.355 e. The van der Waals surface area contributed by atoms with Crippen LogP contribution in [0.25, 0.3) is 6.08 Å². The third kappa shape index (κ3) is 5.14. The number of fused-ring (bicyclic) bond motifs is 1. The molecule has 1 aliphatic rings. The zero-order valence-electron chi connectivity index (χ0n) is 16.7. The number of rotatable bonds is 8. The number of hydrogen-bond acceptors (Lipinski definition) is 3. The Balaban J connectivity index is 1.57. The summed E-state index contributed by atoms with van der Waals surface area (Å²) in [6.07, 6.45) is 2.83. The Morgan fingerprint density at radius 3 is 2.61 bits per heavy atom. The van der Waals surface area contributed by atoms with Crippen LogP contribution >= 0.6 is 0 Å². The van der Waals surface area contributed by atoms with Gasteiger partial charge in [-0.15, -0.1) is 0 Å². The third-order valence-corrected chi connectivity index (χ3v) is 5.20. The Kier molecular flexibility index (Phi) is 6.37. The molecule has 0 spiro atoms. The van der Waals surface area contributed by atoms with E-state index in [1.807, 2.05) is 50.5 Å². The standard InChI is InChI=1S/C23H27N3O2/c1-16(18-7-5-4-6-8-18)11-22(27)24-15-20(26(2)3)13-17-9-10-21-19(12-17)14-23(28)25-21/h4-10,12,14,16,20H,11,13,15H2,1-3H3,(H,24,27)/t16-,20+/m1/s1. The van der Waals surface area contributed by atoms with Gasteiger partial charge in [-0.2, -0.15) is 0 Å². The van der Waals surface area contributed by atoms with Crippen molar-refractivity contribution in [3.05, 3.63) is 70.2 Å². The van der Waals surface area contributed by atoms with Gasteiger partial charge in [-0.1, -0.05) is 43.3 Å². The molecule has 3 rings (SSSR count). The lowest BCUT2D eigenvalue weighted by Gasteiger charge is -2.25. The predicted molar refractivity (Wildman–Crippen MR) is 110 cm³/mol. The monoisotopic (exact) mass is 377 g/mol. The van der Waals surface area contributed by atoms with Crippen LogP contribution < -0.4 is 15.9 Å². The van der Waals surface area contributed by atoms with Crippen molar-refractivity contribution in [1.29, 1.82) is 0 Å². The van der Waals surface area contributed by atoms with E-state index in [0.717, 1.165) is 22.6 Å². The van der Waals surface area contributed by atoms with Gasteiger partial charge in [-0.3, -0.25) is 9.59 Å². The van der Waals surface area contributed by atoms with Gasteiger partial charge in [0.1, 0.15) is 0 Å². The predicted octanol–water partition coefficient (Wildman–Crippen LogP) is 1.41. The Hall–Kier alpha value is -2.79. The summed E-state index contributed by atoms with van der Waals surface area (Å²) in [5.41, 5.74) is 2.31. The molecule has 0 saturated carbocycles. The van der Waals surface area contributed by atoms with E-state index in [0.29, 0.717) is 13.0 Å². The summed E-state index contributed by atoms with van der Waals surface area (Å²) in [7, 11) is 4.03. The van der Waals surface area contributed by atoms with E-state index in [-0.39, 0.29) is 23.8 Å². The lowest BCUT2D eigenvalue weighted by molar-refractivity contribution is -0.121. The second-order valence-electron chi connectivity index (χ2n) is 7.63. The van der Waals surface area contributed by atoms with Gasteiger partial charge < -0.3 is 10.2 Å². The quantitative estimate of drug-likeness (QED) is 0.757. The summed E-state index contributed by atoms with van der Waals surface area (Å²) in [5.74, 6) is 0.0542. The summed E-state index contributed by atoms with van der Waals surface area (Å²) < 4.78 is 0. The molecule has 1 N–H and O–H groups in total. The highest BCUT2D eigenvalue weighted by atomic mass is 16.2. The van der Waals surface area contributed by atoms with Crippen molar-refractivity contribution in [2.24, 2.45) is 4.99 Å². The van der Waals surface area contributed by atoms with Gasteiger partial charge in [0.15, 0.2) is 0 Å². The SMILES string of the molecule is C[C@H](CC(=O)NC[C@H](Cc1ccc2c(c1)=CC(=O)N=2)N(C)C)c1ccccc1. The maximum absolute atomic E-state index is 12.4. The van der Waals surface area contributed by atoms with Crippen LogP contribution in [0.3, 0.4) is 0 Å². The normalized spacial score (nSPS) is 14.8. The first-order valence-electron chi connectivity index (χ1n) is 9.64. The number of nitrogens with zero attached hydrogens (tertiary/aromatic N) is 2. The molecule has 0 aliphatic carbocycles. The van der Waals surface area contributed by atoms with E-state index in [9.17, 15) is 9.59 Å². The molecule has 146 valence electrons. The first-order chi connectivity index (χ1) is 13.4. The highest BCUT2D eigenvalue weighted by Crippen LogP contribution is 2.18. The lowest BCUT2D eigenvalue weighted by atomic mass is 9.97. The number of carbonyl (C=O) groups excluding carboxylic acids is 2. The molecule has 2 aromatic carbocycles.